The minimum absolute atomic E-state index is 0.149. The molecule has 0 amide bonds. The van der Waals surface area contributed by atoms with Gasteiger partial charge < -0.3 is 10.6 Å². The van der Waals surface area contributed by atoms with E-state index in [-0.39, 0.29) is 11.3 Å². The zero-order valence-electron chi connectivity index (χ0n) is 16.6. The van der Waals surface area contributed by atoms with Gasteiger partial charge in [-0.1, -0.05) is 26.7 Å². The molecule has 3 aliphatic carbocycles. The maximum atomic E-state index is 13.1. The van der Waals surface area contributed by atoms with Crippen molar-refractivity contribution in [3.63, 3.8) is 0 Å². The van der Waals surface area contributed by atoms with Gasteiger partial charge in [0, 0.05) is 35.8 Å². The van der Waals surface area contributed by atoms with Gasteiger partial charge in [-0.05, 0) is 68.7 Å². The second kappa shape index (κ2) is 7.72. The van der Waals surface area contributed by atoms with E-state index in [0.29, 0.717) is 35.2 Å². The van der Waals surface area contributed by atoms with Crippen LogP contribution in [0.15, 0.2) is 0 Å². The summed E-state index contributed by atoms with van der Waals surface area (Å²) in [5, 5.41) is 8.29. The first-order valence-electron chi connectivity index (χ1n) is 11.1. The first-order chi connectivity index (χ1) is 12.4. The van der Waals surface area contributed by atoms with Crippen LogP contribution in [0, 0.1) is 23.2 Å². The van der Waals surface area contributed by atoms with Crippen LogP contribution >= 0.6 is 11.6 Å². The van der Waals surface area contributed by atoms with Gasteiger partial charge in [0.05, 0.1) is 0 Å². The maximum absolute atomic E-state index is 13.1. The second-order valence-corrected chi connectivity index (χ2v) is 11.0. The summed E-state index contributed by atoms with van der Waals surface area (Å²) in [7, 11) is 0. The number of carbonyl (C=O) groups excluding carboxylic acids is 1. The molecule has 0 aromatic heterocycles. The van der Waals surface area contributed by atoms with Crippen molar-refractivity contribution in [2.45, 2.75) is 102 Å². The van der Waals surface area contributed by atoms with Gasteiger partial charge >= 0.3 is 0 Å². The molecule has 4 heteroatoms. The third-order valence-electron chi connectivity index (χ3n) is 7.74. The third kappa shape index (κ3) is 4.00. The minimum atomic E-state index is 0.149. The summed E-state index contributed by atoms with van der Waals surface area (Å²) in [6.45, 7) is 5.61. The Morgan fingerprint density at radius 1 is 1.08 bits per heavy atom. The number of halogens is 1. The Morgan fingerprint density at radius 2 is 1.81 bits per heavy atom. The zero-order chi connectivity index (χ0) is 18.3. The highest BCUT2D eigenvalue weighted by Gasteiger charge is 2.51. The molecule has 4 fully saturated rings. The molecule has 1 heterocycles. The van der Waals surface area contributed by atoms with E-state index in [4.69, 9.17) is 11.6 Å². The van der Waals surface area contributed by atoms with E-state index < -0.39 is 0 Å². The topological polar surface area (TPSA) is 41.1 Å². The molecule has 4 aliphatic rings. The molecular weight excluding hydrogens is 344 g/mol. The van der Waals surface area contributed by atoms with Crippen molar-refractivity contribution in [2.24, 2.45) is 23.2 Å². The summed E-state index contributed by atoms with van der Waals surface area (Å²) in [5.74, 6) is 2.08. The number of hydrogen-bond acceptors (Lipinski definition) is 3. The predicted molar refractivity (Wildman–Crippen MR) is 108 cm³/mol. The molecule has 1 aliphatic heterocycles. The fourth-order valence-electron chi connectivity index (χ4n) is 6.47. The summed E-state index contributed by atoms with van der Waals surface area (Å²) in [5.41, 5.74) is 0.149. The molecule has 0 spiro atoms. The average Bonchev–Trinajstić information content (AvgIpc) is 2.59. The standard InChI is InChI=1S/C22H37ClN2O/c1-22(2)11-18-20(19(26)12-22)21(16-5-3-4-6-17(16)25-18)24-13-14-7-9-15(23)10-8-14/h14-18,20-21,24-25H,3-13H2,1-2H3. The van der Waals surface area contributed by atoms with E-state index >= 15 is 0 Å². The van der Waals surface area contributed by atoms with Gasteiger partial charge in [-0.3, -0.25) is 4.79 Å². The number of rotatable bonds is 3. The lowest BCUT2D eigenvalue weighted by molar-refractivity contribution is -0.134. The van der Waals surface area contributed by atoms with E-state index in [1.165, 1.54) is 38.5 Å². The molecule has 26 heavy (non-hydrogen) atoms. The number of Topliss-reactive ketones (excluding diaryl/α,β-unsaturated/α-hetero) is 1. The first-order valence-corrected chi connectivity index (χ1v) is 11.5. The summed E-state index contributed by atoms with van der Waals surface area (Å²) in [6, 6.07) is 1.38. The fourth-order valence-corrected chi connectivity index (χ4v) is 6.72. The lowest BCUT2D eigenvalue weighted by Crippen LogP contribution is -2.68. The summed E-state index contributed by atoms with van der Waals surface area (Å²) < 4.78 is 0. The molecule has 0 bridgehead atoms. The highest BCUT2D eigenvalue weighted by atomic mass is 35.5. The molecule has 3 saturated carbocycles. The predicted octanol–water partition coefficient (Wildman–Crippen LogP) is 4.28. The maximum Gasteiger partial charge on any atom is 0.139 e. The van der Waals surface area contributed by atoms with Crippen LogP contribution in [-0.2, 0) is 4.79 Å². The minimum Gasteiger partial charge on any atom is -0.313 e. The van der Waals surface area contributed by atoms with Gasteiger partial charge in [-0.25, -0.2) is 0 Å². The highest BCUT2D eigenvalue weighted by molar-refractivity contribution is 6.20. The lowest BCUT2D eigenvalue weighted by atomic mass is 9.60. The monoisotopic (exact) mass is 380 g/mol. The van der Waals surface area contributed by atoms with Crippen LogP contribution in [-0.4, -0.2) is 35.8 Å². The molecule has 148 valence electrons. The smallest absolute Gasteiger partial charge is 0.139 e. The number of hydrogen-bond donors (Lipinski definition) is 2. The van der Waals surface area contributed by atoms with Gasteiger partial charge in [-0.15, -0.1) is 11.6 Å². The van der Waals surface area contributed by atoms with Crippen LogP contribution in [0.3, 0.4) is 0 Å². The van der Waals surface area contributed by atoms with Crippen LogP contribution in [0.5, 0.6) is 0 Å². The number of fused-ring (bicyclic) bond motifs is 2. The number of nitrogens with one attached hydrogen (secondary N) is 2. The van der Waals surface area contributed by atoms with Crippen LogP contribution in [0.2, 0.25) is 0 Å². The Hall–Kier alpha value is -0.120. The molecule has 0 aromatic carbocycles. The number of carbonyl (C=O) groups is 1. The number of ketones is 1. The molecule has 0 aromatic rings. The SMILES string of the molecule is CC1(C)CC(=O)C2C(C1)NC1CCCCC1C2NCC1CCC(Cl)CC1. The first kappa shape index (κ1) is 19.2. The van der Waals surface area contributed by atoms with Crippen LogP contribution in [0.1, 0.15) is 78.1 Å². The molecule has 4 rings (SSSR count). The molecule has 0 radical (unpaired) electrons. The van der Waals surface area contributed by atoms with Crippen LogP contribution in [0.25, 0.3) is 0 Å². The van der Waals surface area contributed by atoms with Crippen LogP contribution < -0.4 is 10.6 Å². The molecule has 5 unspecified atom stereocenters. The Bertz CT molecular complexity index is 514. The quantitative estimate of drug-likeness (QED) is 0.718. The third-order valence-corrected chi connectivity index (χ3v) is 8.18. The Balaban J connectivity index is 1.48. The fraction of sp³-hybridized carbons (Fsp3) is 0.955. The highest BCUT2D eigenvalue weighted by Crippen LogP contribution is 2.44. The summed E-state index contributed by atoms with van der Waals surface area (Å²) >= 11 is 6.29. The lowest BCUT2D eigenvalue weighted by Gasteiger charge is -2.54. The Morgan fingerprint density at radius 3 is 2.58 bits per heavy atom. The van der Waals surface area contributed by atoms with E-state index in [0.717, 1.165) is 38.1 Å². The van der Waals surface area contributed by atoms with Crippen molar-refractivity contribution in [1.29, 1.82) is 0 Å². The van der Waals surface area contributed by atoms with E-state index in [2.05, 4.69) is 24.5 Å². The van der Waals surface area contributed by atoms with Crippen molar-refractivity contribution in [3.8, 4) is 0 Å². The normalized spacial score (nSPS) is 45.7. The van der Waals surface area contributed by atoms with Crippen molar-refractivity contribution >= 4 is 17.4 Å². The van der Waals surface area contributed by atoms with E-state index in [9.17, 15) is 4.79 Å². The van der Waals surface area contributed by atoms with E-state index in [1.807, 2.05) is 0 Å². The number of piperidine rings is 1. The van der Waals surface area contributed by atoms with Crippen molar-refractivity contribution in [2.75, 3.05) is 6.54 Å². The summed E-state index contributed by atoms with van der Waals surface area (Å²) in [4.78, 5) is 13.1. The van der Waals surface area contributed by atoms with Crippen molar-refractivity contribution in [1.82, 2.24) is 10.6 Å². The van der Waals surface area contributed by atoms with Crippen molar-refractivity contribution < 1.29 is 4.79 Å². The Kier molecular flexibility index (Phi) is 5.70. The van der Waals surface area contributed by atoms with Crippen molar-refractivity contribution in [3.05, 3.63) is 0 Å². The van der Waals surface area contributed by atoms with E-state index in [1.54, 1.807) is 0 Å². The molecule has 3 nitrogen and oxygen atoms in total. The average molecular weight is 381 g/mol. The molecule has 5 atom stereocenters. The zero-order valence-corrected chi connectivity index (χ0v) is 17.4. The molecule has 1 saturated heterocycles. The Labute approximate surface area is 164 Å². The van der Waals surface area contributed by atoms with Gasteiger partial charge in [0.1, 0.15) is 5.78 Å². The second-order valence-electron chi connectivity index (χ2n) is 10.4. The number of alkyl halides is 1. The summed E-state index contributed by atoms with van der Waals surface area (Å²) in [6.07, 6.45) is 11.9. The molecular formula is C22H37ClN2O. The van der Waals surface area contributed by atoms with Crippen LogP contribution in [0.4, 0.5) is 0 Å². The largest absolute Gasteiger partial charge is 0.313 e. The molecule has 2 N–H and O–H groups in total. The van der Waals surface area contributed by atoms with Gasteiger partial charge in [0.2, 0.25) is 0 Å². The van der Waals surface area contributed by atoms with Gasteiger partial charge in [-0.2, -0.15) is 0 Å². The van der Waals surface area contributed by atoms with Gasteiger partial charge in [0.25, 0.3) is 0 Å². The van der Waals surface area contributed by atoms with Gasteiger partial charge in [0.15, 0.2) is 0 Å².